The van der Waals surface area contributed by atoms with Crippen molar-refractivity contribution in [2.75, 3.05) is 13.2 Å². The molecule has 0 amide bonds. The zero-order valence-electron chi connectivity index (χ0n) is 21.7. The fourth-order valence-electron chi connectivity index (χ4n) is 3.80. The maximum Gasteiger partial charge on any atom is 0.327 e. The van der Waals surface area contributed by atoms with Crippen molar-refractivity contribution in [2.24, 2.45) is 0 Å². The lowest BCUT2D eigenvalue weighted by Gasteiger charge is -2.13. The third kappa shape index (κ3) is 20.2. The standard InChI is InChI=1S/C26H50O7S/c1-3-5-7-9-11-13-15-17-19-21-32-25(27)23-24(34(29,30)31)26(28)33-22-20-18-16-14-12-10-8-6-4-2/h24H,3-23H2,1-2H3,(H,29,30,31). The second kappa shape index (κ2) is 22.3. The second-order valence-corrected chi connectivity index (χ2v) is 10.9. The summed E-state index contributed by atoms with van der Waals surface area (Å²) in [4.78, 5) is 24.1. The van der Waals surface area contributed by atoms with Crippen LogP contribution >= 0.6 is 0 Å². The molecule has 1 unspecified atom stereocenters. The van der Waals surface area contributed by atoms with E-state index in [2.05, 4.69) is 13.8 Å². The normalized spacial score (nSPS) is 12.4. The quantitative estimate of drug-likeness (QED) is 0.0873. The number of carbonyl (C=O) groups excluding carboxylic acids is 2. The van der Waals surface area contributed by atoms with Gasteiger partial charge in [-0.2, -0.15) is 8.42 Å². The Morgan fingerprint density at radius 2 is 0.971 bits per heavy atom. The predicted molar refractivity (Wildman–Crippen MR) is 136 cm³/mol. The molecule has 0 aromatic rings. The largest absolute Gasteiger partial charge is 0.466 e. The first-order valence-electron chi connectivity index (χ1n) is 13.6. The Balaban J connectivity index is 3.97. The number of esters is 2. The van der Waals surface area contributed by atoms with Gasteiger partial charge in [0.2, 0.25) is 0 Å². The van der Waals surface area contributed by atoms with E-state index in [1.807, 2.05) is 0 Å². The van der Waals surface area contributed by atoms with E-state index in [4.69, 9.17) is 9.47 Å². The molecule has 0 fully saturated rings. The van der Waals surface area contributed by atoms with E-state index in [0.717, 1.165) is 38.5 Å². The summed E-state index contributed by atoms with van der Waals surface area (Å²) in [6, 6.07) is 0. The van der Waals surface area contributed by atoms with Gasteiger partial charge >= 0.3 is 11.9 Å². The fraction of sp³-hybridized carbons (Fsp3) is 0.923. The molecule has 0 aliphatic carbocycles. The molecule has 1 N–H and O–H groups in total. The van der Waals surface area contributed by atoms with Crippen LogP contribution in [-0.2, 0) is 29.2 Å². The SMILES string of the molecule is CCCCCCCCCCCOC(=O)CC(C(=O)OCCCCCCCCCCC)S(=O)(=O)O. The van der Waals surface area contributed by atoms with Crippen molar-refractivity contribution >= 4 is 22.1 Å². The molecule has 7 nitrogen and oxygen atoms in total. The Morgan fingerprint density at radius 1 is 0.618 bits per heavy atom. The first kappa shape index (κ1) is 32.8. The minimum absolute atomic E-state index is 0.0776. The van der Waals surface area contributed by atoms with Gasteiger partial charge in [0.05, 0.1) is 19.6 Å². The number of hydrogen-bond acceptors (Lipinski definition) is 6. The predicted octanol–water partition coefficient (Wildman–Crippen LogP) is 6.78. The third-order valence-corrected chi connectivity index (χ3v) is 7.06. The summed E-state index contributed by atoms with van der Waals surface area (Å²) in [5.41, 5.74) is 0. The van der Waals surface area contributed by atoms with Gasteiger partial charge in [0.25, 0.3) is 10.1 Å². The van der Waals surface area contributed by atoms with Crippen LogP contribution in [0.25, 0.3) is 0 Å². The number of carbonyl (C=O) groups is 2. The van der Waals surface area contributed by atoms with Gasteiger partial charge in [-0.15, -0.1) is 0 Å². The summed E-state index contributed by atoms with van der Waals surface area (Å²) < 4.78 is 42.6. The van der Waals surface area contributed by atoms with E-state index in [1.54, 1.807) is 0 Å². The molecule has 202 valence electrons. The van der Waals surface area contributed by atoms with E-state index in [9.17, 15) is 22.6 Å². The number of hydrogen-bond donors (Lipinski definition) is 1. The van der Waals surface area contributed by atoms with Crippen LogP contribution in [-0.4, -0.2) is 43.4 Å². The van der Waals surface area contributed by atoms with Gasteiger partial charge in [-0.25, -0.2) is 0 Å². The van der Waals surface area contributed by atoms with Gasteiger partial charge in [-0.1, -0.05) is 117 Å². The van der Waals surface area contributed by atoms with Crippen molar-refractivity contribution in [3.63, 3.8) is 0 Å². The summed E-state index contributed by atoms with van der Waals surface area (Å²) in [6.07, 6.45) is 19.3. The van der Waals surface area contributed by atoms with Crippen molar-refractivity contribution in [2.45, 2.75) is 141 Å². The molecule has 0 aliphatic rings. The van der Waals surface area contributed by atoms with Crippen LogP contribution in [0.1, 0.15) is 136 Å². The second-order valence-electron chi connectivity index (χ2n) is 9.25. The zero-order valence-corrected chi connectivity index (χ0v) is 22.5. The highest BCUT2D eigenvalue weighted by Gasteiger charge is 2.35. The lowest BCUT2D eigenvalue weighted by molar-refractivity contribution is -0.150. The van der Waals surface area contributed by atoms with Crippen molar-refractivity contribution in [1.82, 2.24) is 0 Å². The topological polar surface area (TPSA) is 107 Å². The van der Waals surface area contributed by atoms with Crippen LogP contribution in [0.4, 0.5) is 0 Å². The molecule has 0 aliphatic heterocycles. The van der Waals surface area contributed by atoms with Crippen molar-refractivity contribution < 1.29 is 32.0 Å². The van der Waals surface area contributed by atoms with Crippen molar-refractivity contribution in [3.8, 4) is 0 Å². The van der Waals surface area contributed by atoms with Crippen LogP contribution in [0.3, 0.4) is 0 Å². The van der Waals surface area contributed by atoms with Crippen LogP contribution in [0.2, 0.25) is 0 Å². The lowest BCUT2D eigenvalue weighted by Crippen LogP contribution is -2.34. The molecular formula is C26H50O7S. The molecule has 34 heavy (non-hydrogen) atoms. The maximum absolute atomic E-state index is 12.1. The van der Waals surface area contributed by atoms with Crippen LogP contribution in [0.5, 0.6) is 0 Å². The Hall–Kier alpha value is -1.15. The molecule has 0 radical (unpaired) electrons. The molecule has 0 saturated heterocycles. The van der Waals surface area contributed by atoms with E-state index >= 15 is 0 Å². The Labute approximate surface area is 208 Å². The van der Waals surface area contributed by atoms with E-state index in [-0.39, 0.29) is 13.2 Å². The highest BCUT2D eigenvalue weighted by molar-refractivity contribution is 7.87. The van der Waals surface area contributed by atoms with E-state index < -0.39 is 33.7 Å². The summed E-state index contributed by atoms with van der Waals surface area (Å²) >= 11 is 0. The summed E-state index contributed by atoms with van der Waals surface area (Å²) in [7, 11) is -4.75. The Kier molecular flexibility index (Phi) is 21.6. The Morgan fingerprint density at radius 3 is 1.35 bits per heavy atom. The zero-order chi connectivity index (χ0) is 25.5. The monoisotopic (exact) mass is 506 g/mol. The van der Waals surface area contributed by atoms with Gasteiger partial charge < -0.3 is 9.47 Å². The molecule has 0 aromatic carbocycles. The summed E-state index contributed by atoms with van der Waals surface area (Å²) in [6.45, 7) is 4.64. The first-order valence-corrected chi connectivity index (χ1v) is 15.1. The highest BCUT2D eigenvalue weighted by Crippen LogP contribution is 2.13. The van der Waals surface area contributed by atoms with E-state index in [0.29, 0.717) is 12.8 Å². The molecule has 8 heteroatoms. The fourth-order valence-corrected chi connectivity index (χ4v) is 4.46. The van der Waals surface area contributed by atoms with Gasteiger partial charge in [0, 0.05) is 0 Å². The molecule has 0 heterocycles. The molecule has 0 saturated carbocycles. The minimum atomic E-state index is -4.75. The average molecular weight is 507 g/mol. The van der Waals surface area contributed by atoms with Crippen molar-refractivity contribution in [3.05, 3.63) is 0 Å². The van der Waals surface area contributed by atoms with Gasteiger partial charge in [-0.3, -0.25) is 14.1 Å². The molecule has 1 atom stereocenters. The lowest BCUT2D eigenvalue weighted by atomic mass is 10.1. The minimum Gasteiger partial charge on any atom is -0.466 e. The van der Waals surface area contributed by atoms with Gasteiger partial charge in [0.1, 0.15) is 0 Å². The number of unbranched alkanes of at least 4 members (excludes halogenated alkanes) is 16. The molecule has 0 spiro atoms. The highest BCUT2D eigenvalue weighted by atomic mass is 32.2. The van der Waals surface area contributed by atoms with Crippen LogP contribution in [0, 0.1) is 0 Å². The van der Waals surface area contributed by atoms with Gasteiger partial charge in [-0.05, 0) is 12.8 Å². The van der Waals surface area contributed by atoms with Crippen LogP contribution < -0.4 is 0 Å². The molecule has 0 bridgehead atoms. The molecule has 0 aromatic heterocycles. The summed E-state index contributed by atoms with van der Waals surface area (Å²) in [5, 5.41) is -1.93. The third-order valence-electron chi connectivity index (χ3n) is 5.98. The number of ether oxygens (including phenoxy) is 2. The average Bonchev–Trinajstić information content (AvgIpc) is 2.79. The maximum atomic E-state index is 12.1. The molecular weight excluding hydrogens is 456 g/mol. The first-order chi connectivity index (χ1) is 16.3. The molecule has 0 rings (SSSR count). The Bertz CT molecular complexity index is 604. The van der Waals surface area contributed by atoms with Gasteiger partial charge in [0.15, 0.2) is 5.25 Å². The summed E-state index contributed by atoms with van der Waals surface area (Å²) in [5.74, 6) is -1.91. The smallest absolute Gasteiger partial charge is 0.327 e. The van der Waals surface area contributed by atoms with Crippen LogP contribution in [0.15, 0.2) is 0 Å². The van der Waals surface area contributed by atoms with E-state index in [1.165, 1.54) is 64.2 Å². The number of rotatable bonds is 24. The van der Waals surface area contributed by atoms with Crippen molar-refractivity contribution in [1.29, 1.82) is 0 Å².